The standard InChI is InChI=1S/C18H24N4O/c19-18(9-2-10-18)17(23)21-14-4-6-15(7-5-14)22-12-8-13-3-1-11-20-16(13)22/h1,3,8,11-12,14-15H,2,4-7,9-10,19H2,(H,21,23). The van der Waals surface area contributed by atoms with Crippen LogP contribution in [0, 0.1) is 0 Å². The van der Waals surface area contributed by atoms with Gasteiger partial charge < -0.3 is 15.6 Å². The molecule has 0 radical (unpaired) electrons. The molecule has 2 heterocycles. The van der Waals surface area contributed by atoms with E-state index in [1.165, 1.54) is 5.39 Å². The highest BCUT2D eigenvalue weighted by Crippen LogP contribution is 2.33. The molecule has 0 unspecified atom stereocenters. The number of rotatable bonds is 3. The third-order valence-corrected chi connectivity index (χ3v) is 5.60. The number of amides is 1. The van der Waals surface area contributed by atoms with E-state index in [1.807, 2.05) is 12.3 Å². The molecule has 2 aromatic rings. The molecule has 122 valence electrons. The Morgan fingerprint density at radius 3 is 2.74 bits per heavy atom. The maximum Gasteiger partial charge on any atom is 0.240 e. The Balaban J connectivity index is 1.38. The second-order valence-corrected chi connectivity index (χ2v) is 7.13. The van der Waals surface area contributed by atoms with Crippen LogP contribution in [-0.4, -0.2) is 27.0 Å². The number of nitrogens with two attached hydrogens (primary N) is 1. The van der Waals surface area contributed by atoms with Gasteiger partial charge in [0, 0.05) is 29.9 Å². The fraction of sp³-hybridized carbons (Fsp3) is 0.556. The molecule has 5 nitrogen and oxygen atoms in total. The summed E-state index contributed by atoms with van der Waals surface area (Å²) < 4.78 is 2.30. The lowest BCUT2D eigenvalue weighted by atomic mass is 9.76. The van der Waals surface area contributed by atoms with Gasteiger partial charge in [-0.05, 0) is 63.1 Å². The first-order chi connectivity index (χ1) is 11.2. The Kier molecular flexibility index (Phi) is 3.60. The zero-order valence-electron chi connectivity index (χ0n) is 13.4. The highest BCUT2D eigenvalue weighted by molar-refractivity contribution is 5.87. The lowest BCUT2D eigenvalue weighted by Crippen LogP contribution is -2.60. The second kappa shape index (κ2) is 5.64. The Labute approximate surface area is 136 Å². The minimum atomic E-state index is -0.586. The summed E-state index contributed by atoms with van der Waals surface area (Å²) in [5, 5.41) is 4.37. The number of nitrogens with one attached hydrogen (secondary N) is 1. The van der Waals surface area contributed by atoms with Crippen LogP contribution in [-0.2, 0) is 4.79 Å². The molecule has 2 saturated carbocycles. The second-order valence-electron chi connectivity index (χ2n) is 7.13. The zero-order valence-corrected chi connectivity index (χ0v) is 13.4. The maximum absolute atomic E-state index is 12.2. The van der Waals surface area contributed by atoms with Gasteiger partial charge in [-0.25, -0.2) is 4.98 Å². The molecular formula is C18H24N4O. The van der Waals surface area contributed by atoms with Gasteiger partial charge in [0.15, 0.2) is 0 Å². The highest BCUT2D eigenvalue weighted by Gasteiger charge is 2.41. The quantitative estimate of drug-likeness (QED) is 0.914. The molecule has 1 amide bonds. The fourth-order valence-electron chi connectivity index (χ4n) is 3.89. The lowest BCUT2D eigenvalue weighted by molar-refractivity contribution is -0.130. The van der Waals surface area contributed by atoms with Gasteiger partial charge in [0.25, 0.3) is 0 Å². The Bertz CT molecular complexity index is 711. The van der Waals surface area contributed by atoms with Crippen molar-refractivity contribution in [2.24, 2.45) is 5.73 Å². The van der Waals surface area contributed by atoms with E-state index in [9.17, 15) is 4.79 Å². The van der Waals surface area contributed by atoms with Gasteiger partial charge in [0.05, 0.1) is 5.54 Å². The van der Waals surface area contributed by atoms with Crippen molar-refractivity contribution in [3.05, 3.63) is 30.6 Å². The summed E-state index contributed by atoms with van der Waals surface area (Å²) in [6.07, 6.45) is 10.9. The molecule has 4 rings (SSSR count). The number of hydrogen-bond donors (Lipinski definition) is 2. The minimum Gasteiger partial charge on any atom is -0.352 e. The van der Waals surface area contributed by atoms with Gasteiger partial charge >= 0.3 is 0 Å². The van der Waals surface area contributed by atoms with E-state index < -0.39 is 5.54 Å². The first-order valence-electron chi connectivity index (χ1n) is 8.67. The third kappa shape index (κ3) is 2.63. The van der Waals surface area contributed by atoms with E-state index in [1.54, 1.807) is 0 Å². The number of carbonyl (C=O) groups excluding carboxylic acids is 1. The van der Waals surface area contributed by atoms with Gasteiger partial charge in [-0.3, -0.25) is 4.79 Å². The van der Waals surface area contributed by atoms with Crippen LogP contribution in [0.25, 0.3) is 11.0 Å². The topological polar surface area (TPSA) is 72.9 Å². The first-order valence-corrected chi connectivity index (χ1v) is 8.67. The minimum absolute atomic E-state index is 0.0558. The van der Waals surface area contributed by atoms with Gasteiger partial charge in [-0.15, -0.1) is 0 Å². The first kappa shape index (κ1) is 14.7. The predicted octanol–water partition coefficient (Wildman–Crippen LogP) is 2.52. The number of aromatic nitrogens is 2. The molecule has 3 N–H and O–H groups in total. The monoisotopic (exact) mass is 312 g/mol. The predicted molar refractivity (Wildman–Crippen MR) is 89.9 cm³/mol. The fourth-order valence-corrected chi connectivity index (χ4v) is 3.89. The van der Waals surface area contributed by atoms with Gasteiger partial charge in [-0.1, -0.05) is 0 Å². The van der Waals surface area contributed by atoms with Crippen LogP contribution in [0.4, 0.5) is 0 Å². The summed E-state index contributed by atoms with van der Waals surface area (Å²) in [5.41, 5.74) is 6.59. The van der Waals surface area contributed by atoms with E-state index in [0.717, 1.165) is 50.6 Å². The number of carbonyl (C=O) groups is 1. The summed E-state index contributed by atoms with van der Waals surface area (Å²) >= 11 is 0. The maximum atomic E-state index is 12.2. The van der Waals surface area contributed by atoms with Gasteiger partial charge in [0.2, 0.25) is 5.91 Å². The van der Waals surface area contributed by atoms with Crippen LogP contribution >= 0.6 is 0 Å². The molecule has 23 heavy (non-hydrogen) atoms. The molecule has 0 saturated heterocycles. The SMILES string of the molecule is NC1(C(=O)NC2CCC(n3ccc4cccnc43)CC2)CCC1. The lowest BCUT2D eigenvalue weighted by Gasteiger charge is -2.38. The average Bonchev–Trinajstić information content (AvgIpc) is 2.97. The summed E-state index contributed by atoms with van der Waals surface area (Å²) in [4.78, 5) is 16.8. The van der Waals surface area contributed by atoms with E-state index in [0.29, 0.717) is 6.04 Å². The van der Waals surface area contributed by atoms with Crippen molar-refractivity contribution in [1.29, 1.82) is 0 Å². The molecule has 0 aliphatic heterocycles. The van der Waals surface area contributed by atoms with E-state index >= 15 is 0 Å². The van der Waals surface area contributed by atoms with Crippen LogP contribution in [0.5, 0.6) is 0 Å². The molecule has 2 aliphatic rings. The highest BCUT2D eigenvalue weighted by atomic mass is 16.2. The van der Waals surface area contributed by atoms with Crippen molar-refractivity contribution in [2.45, 2.75) is 62.6 Å². The number of nitrogens with zero attached hydrogens (tertiary/aromatic N) is 2. The van der Waals surface area contributed by atoms with Crippen molar-refractivity contribution in [3.63, 3.8) is 0 Å². The van der Waals surface area contributed by atoms with Crippen LogP contribution in [0.3, 0.4) is 0 Å². The Morgan fingerprint density at radius 1 is 1.26 bits per heavy atom. The van der Waals surface area contributed by atoms with E-state index in [4.69, 9.17) is 5.73 Å². The number of fused-ring (bicyclic) bond motifs is 1. The molecular weight excluding hydrogens is 288 g/mol. The smallest absolute Gasteiger partial charge is 0.240 e. The molecule has 2 aliphatic carbocycles. The van der Waals surface area contributed by atoms with Crippen LogP contribution in [0.1, 0.15) is 51.0 Å². The summed E-state index contributed by atoms with van der Waals surface area (Å²) in [7, 11) is 0. The van der Waals surface area contributed by atoms with Gasteiger partial charge in [-0.2, -0.15) is 0 Å². The van der Waals surface area contributed by atoms with Crippen molar-refractivity contribution in [1.82, 2.24) is 14.9 Å². The molecule has 0 aromatic carbocycles. The van der Waals surface area contributed by atoms with E-state index in [2.05, 4.69) is 33.2 Å². The largest absolute Gasteiger partial charge is 0.352 e. The summed E-state index contributed by atoms with van der Waals surface area (Å²) in [6.45, 7) is 0. The molecule has 0 bridgehead atoms. The van der Waals surface area contributed by atoms with Crippen LogP contribution in [0.15, 0.2) is 30.6 Å². The molecule has 0 spiro atoms. The van der Waals surface area contributed by atoms with Crippen LogP contribution in [0.2, 0.25) is 0 Å². The van der Waals surface area contributed by atoms with Crippen LogP contribution < -0.4 is 11.1 Å². The average molecular weight is 312 g/mol. The Morgan fingerprint density at radius 2 is 2.04 bits per heavy atom. The van der Waals surface area contributed by atoms with E-state index in [-0.39, 0.29) is 11.9 Å². The number of pyridine rings is 1. The molecule has 5 heteroatoms. The molecule has 2 aromatic heterocycles. The van der Waals surface area contributed by atoms with Crippen molar-refractivity contribution in [3.8, 4) is 0 Å². The van der Waals surface area contributed by atoms with Crippen molar-refractivity contribution >= 4 is 16.9 Å². The van der Waals surface area contributed by atoms with Crippen molar-refractivity contribution in [2.75, 3.05) is 0 Å². The number of hydrogen-bond acceptors (Lipinski definition) is 3. The van der Waals surface area contributed by atoms with Gasteiger partial charge in [0.1, 0.15) is 5.65 Å². The zero-order chi connectivity index (χ0) is 15.9. The normalized spacial score (nSPS) is 26.7. The summed E-state index contributed by atoms with van der Waals surface area (Å²) in [6, 6.07) is 6.96. The molecule has 2 fully saturated rings. The Hall–Kier alpha value is -1.88. The summed E-state index contributed by atoms with van der Waals surface area (Å²) in [5.74, 6) is 0.0558. The van der Waals surface area contributed by atoms with Crippen molar-refractivity contribution < 1.29 is 4.79 Å². The molecule has 0 atom stereocenters. The third-order valence-electron chi connectivity index (χ3n) is 5.60.